The average Bonchev–Trinajstić information content (AvgIpc) is 3.65. The van der Waals surface area contributed by atoms with E-state index in [1.54, 1.807) is 0 Å². The van der Waals surface area contributed by atoms with Gasteiger partial charge in [-0.3, -0.25) is 0 Å². The Bertz CT molecular complexity index is 2750. The van der Waals surface area contributed by atoms with Crippen molar-refractivity contribution >= 4 is 59.3 Å². The van der Waals surface area contributed by atoms with E-state index in [4.69, 9.17) is 0 Å². The number of anilines is 3. The van der Waals surface area contributed by atoms with E-state index >= 15 is 0 Å². The maximum Gasteiger partial charge on any atom is 0.0465 e. The summed E-state index contributed by atoms with van der Waals surface area (Å²) in [5.74, 6) is 0. The van der Waals surface area contributed by atoms with Crippen LogP contribution in [0.4, 0.5) is 17.1 Å². The van der Waals surface area contributed by atoms with E-state index in [1.165, 1.54) is 75.5 Å². The maximum atomic E-state index is 2.46. The van der Waals surface area contributed by atoms with Crippen LogP contribution >= 0.6 is 11.3 Å². The van der Waals surface area contributed by atoms with Gasteiger partial charge in [-0.2, -0.15) is 0 Å². The van der Waals surface area contributed by atoms with Gasteiger partial charge < -0.3 is 4.90 Å². The third-order valence-electron chi connectivity index (χ3n) is 10.9. The van der Waals surface area contributed by atoms with Gasteiger partial charge in [0.15, 0.2) is 0 Å². The minimum atomic E-state index is -0.131. The zero-order valence-electron chi connectivity index (χ0n) is 28.6. The predicted octanol–water partition coefficient (Wildman–Crippen LogP) is 14.3. The normalized spacial score (nSPS) is 13.1. The van der Waals surface area contributed by atoms with Gasteiger partial charge in [0.1, 0.15) is 0 Å². The lowest BCUT2D eigenvalue weighted by Crippen LogP contribution is -2.16. The third kappa shape index (κ3) is 4.90. The molecule has 0 atom stereocenters. The molecular formula is C49H35NS. The zero-order valence-corrected chi connectivity index (χ0v) is 29.4. The number of hydrogen-bond donors (Lipinski definition) is 0. The number of fused-ring (bicyclic) bond motifs is 7. The Balaban J connectivity index is 1.09. The highest BCUT2D eigenvalue weighted by atomic mass is 32.1. The number of benzene rings is 8. The lowest BCUT2D eigenvalue weighted by atomic mass is 9.82. The molecule has 8 aromatic carbocycles. The summed E-state index contributed by atoms with van der Waals surface area (Å²) in [5, 5.41) is 5.22. The highest BCUT2D eigenvalue weighted by Gasteiger charge is 2.36. The summed E-state index contributed by atoms with van der Waals surface area (Å²) in [4.78, 5) is 2.41. The Morgan fingerprint density at radius 2 is 0.980 bits per heavy atom. The Morgan fingerprint density at radius 1 is 0.392 bits per heavy atom. The standard InChI is InChI=1S/C49H35NS/c1-49(2)45-29-40(26-27-41(45)43-30-44-42-14-8-9-15-47(42)51-48(44)31-46(43)49)50(38-22-18-34(19-23-38)32-10-4-3-5-11-32)39-24-20-35(21-25-39)37-17-16-33-12-6-7-13-36(33)28-37/h3-31H,1-2H3. The summed E-state index contributed by atoms with van der Waals surface area (Å²) in [7, 11) is 0. The van der Waals surface area contributed by atoms with Crippen LogP contribution in [0.1, 0.15) is 25.0 Å². The quantitative estimate of drug-likeness (QED) is 0.176. The summed E-state index contributed by atoms with van der Waals surface area (Å²) in [6, 6.07) is 64.8. The number of nitrogens with zero attached hydrogens (tertiary/aromatic N) is 1. The fraction of sp³-hybridized carbons (Fsp3) is 0.0612. The molecule has 1 nitrogen and oxygen atoms in total. The summed E-state index contributed by atoms with van der Waals surface area (Å²) in [6.07, 6.45) is 0. The molecule has 51 heavy (non-hydrogen) atoms. The molecule has 0 aliphatic heterocycles. The first-order valence-corrected chi connectivity index (χ1v) is 18.5. The molecular weight excluding hydrogens is 635 g/mol. The molecule has 0 fully saturated rings. The van der Waals surface area contributed by atoms with Crippen molar-refractivity contribution in [1.82, 2.24) is 0 Å². The average molecular weight is 670 g/mol. The van der Waals surface area contributed by atoms with E-state index in [2.05, 4.69) is 195 Å². The van der Waals surface area contributed by atoms with Gasteiger partial charge in [-0.25, -0.2) is 0 Å². The van der Waals surface area contributed by atoms with Gasteiger partial charge in [0.25, 0.3) is 0 Å². The molecule has 1 aromatic heterocycles. The number of thiophene rings is 1. The first kappa shape index (κ1) is 29.9. The molecule has 0 N–H and O–H groups in total. The van der Waals surface area contributed by atoms with Gasteiger partial charge >= 0.3 is 0 Å². The predicted molar refractivity (Wildman–Crippen MR) is 220 cm³/mol. The van der Waals surface area contributed by atoms with Crippen LogP contribution in [0.3, 0.4) is 0 Å². The van der Waals surface area contributed by atoms with Crippen LogP contribution in [0.2, 0.25) is 0 Å². The van der Waals surface area contributed by atoms with Crippen molar-refractivity contribution in [3.63, 3.8) is 0 Å². The molecule has 242 valence electrons. The second-order valence-corrected chi connectivity index (χ2v) is 15.3. The summed E-state index contributed by atoms with van der Waals surface area (Å²) in [5.41, 5.74) is 13.6. The van der Waals surface area contributed by atoms with Crippen LogP contribution < -0.4 is 4.90 Å². The SMILES string of the molecule is CC1(C)c2cc(N(c3ccc(-c4ccccc4)cc3)c3ccc(-c4ccc5ccccc5c4)cc3)ccc2-c2cc3c(cc21)sc1ccccc13. The minimum absolute atomic E-state index is 0.131. The maximum absolute atomic E-state index is 2.46. The van der Waals surface area contributed by atoms with Crippen molar-refractivity contribution in [2.75, 3.05) is 4.90 Å². The summed E-state index contributed by atoms with van der Waals surface area (Å²) >= 11 is 1.90. The Labute approximate surface area is 302 Å². The lowest BCUT2D eigenvalue weighted by molar-refractivity contribution is 0.661. The van der Waals surface area contributed by atoms with Crippen LogP contribution in [-0.4, -0.2) is 0 Å². The van der Waals surface area contributed by atoms with Crippen LogP contribution in [0, 0.1) is 0 Å². The van der Waals surface area contributed by atoms with E-state index in [0.717, 1.165) is 17.1 Å². The van der Waals surface area contributed by atoms with Gasteiger partial charge in [-0.05, 0) is 116 Å². The molecule has 1 heterocycles. The van der Waals surface area contributed by atoms with E-state index in [0.29, 0.717) is 0 Å². The zero-order chi connectivity index (χ0) is 34.1. The molecule has 0 bridgehead atoms. The Hall–Kier alpha value is -5.96. The third-order valence-corrected chi connectivity index (χ3v) is 12.0. The monoisotopic (exact) mass is 669 g/mol. The van der Waals surface area contributed by atoms with Crippen LogP contribution in [-0.2, 0) is 5.41 Å². The van der Waals surface area contributed by atoms with Crippen LogP contribution in [0.25, 0.3) is 64.3 Å². The van der Waals surface area contributed by atoms with Crippen molar-refractivity contribution < 1.29 is 0 Å². The summed E-state index contributed by atoms with van der Waals surface area (Å²) in [6.45, 7) is 4.77. The molecule has 10 rings (SSSR count). The fourth-order valence-electron chi connectivity index (χ4n) is 8.13. The topological polar surface area (TPSA) is 3.24 Å². The van der Waals surface area contributed by atoms with E-state index < -0.39 is 0 Å². The molecule has 0 saturated carbocycles. The number of rotatable bonds is 5. The molecule has 0 amide bonds. The van der Waals surface area contributed by atoms with Gasteiger partial charge in [0.05, 0.1) is 0 Å². The molecule has 0 unspecified atom stereocenters. The highest BCUT2D eigenvalue weighted by molar-refractivity contribution is 7.25. The first-order chi connectivity index (χ1) is 25.0. The summed E-state index contributed by atoms with van der Waals surface area (Å²) < 4.78 is 2.72. The molecule has 0 radical (unpaired) electrons. The smallest absolute Gasteiger partial charge is 0.0465 e. The molecule has 1 aliphatic carbocycles. The molecule has 0 saturated heterocycles. The van der Waals surface area contributed by atoms with Crippen molar-refractivity contribution in [2.45, 2.75) is 19.3 Å². The fourth-order valence-corrected chi connectivity index (χ4v) is 9.26. The first-order valence-electron chi connectivity index (χ1n) is 17.7. The molecule has 0 spiro atoms. The van der Waals surface area contributed by atoms with Crippen molar-refractivity contribution in [1.29, 1.82) is 0 Å². The highest BCUT2D eigenvalue weighted by Crippen LogP contribution is 2.53. The van der Waals surface area contributed by atoms with Gasteiger partial charge in [-0.15, -0.1) is 11.3 Å². The van der Waals surface area contributed by atoms with Crippen molar-refractivity contribution in [3.8, 4) is 33.4 Å². The second-order valence-electron chi connectivity index (χ2n) is 14.2. The number of hydrogen-bond acceptors (Lipinski definition) is 2. The second kappa shape index (κ2) is 11.6. The lowest BCUT2D eigenvalue weighted by Gasteiger charge is -2.28. The van der Waals surface area contributed by atoms with E-state index in [1.807, 2.05) is 11.3 Å². The van der Waals surface area contributed by atoms with Gasteiger partial charge in [-0.1, -0.05) is 129 Å². The van der Waals surface area contributed by atoms with Crippen molar-refractivity contribution in [3.05, 3.63) is 187 Å². The van der Waals surface area contributed by atoms with E-state index in [-0.39, 0.29) is 5.41 Å². The van der Waals surface area contributed by atoms with E-state index in [9.17, 15) is 0 Å². The minimum Gasteiger partial charge on any atom is -0.310 e. The molecule has 2 heteroatoms. The Morgan fingerprint density at radius 3 is 1.75 bits per heavy atom. The largest absolute Gasteiger partial charge is 0.310 e. The molecule has 1 aliphatic rings. The van der Waals surface area contributed by atoms with Crippen LogP contribution in [0.5, 0.6) is 0 Å². The molecule has 9 aromatic rings. The van der Waals surface area contributed by atoms with Crippen LogP contribution in [0.15, 0.2) is 176 Å². The Kier molecular flexibility index (Phi) is 6.78. The van der Waals surface area contributed by atoms with Crippen molar-refractivity contribution in [2.24, 2.45) is 0 Å². The van der Waals surface area contributed by atoms with Gasteiger partial charge in [0.2, 0.25) is 0 Å². The van der Waals surface area contributed by atoms with Gasteiger partial charge in [0, 0.05) is 42.6 Å².